The molecule has 1 fully saturated rings. The number of fused-ring (bicyclic) bond motifs is 7. The van der Waals surface area contributed by atoms with E-state index >= 15 is 0 Å². The molecule has 10 N–H and O–H groups in total. The van der Waals surface area contributed by atoms with Gasteiger partial charge in [0.1, 0.15) is 28.5 Å². The van der Waals surface area contributed by atoms with Crippen LogP contribution < -0.4 is 68.3 Å². The maximum Gasteiger partial charge on any atom is 0.362 e. The number of hydrogen-bond acceptors (Lipinski definition) is 20. The Kier molecular flexibility index (Phi) is 50.2. The van der Waals surface area contributed by atoms with Crippen molar-refractivity contribution in [3.05, 3.63) is 366 Å². The molecule has 145 heavy (non-hydrogen) atoms. The van der Waals surface area contributed by atoms with Crippen molar-refractivity contribution in [1.29, 1.82) is 0 Å². The average Bonchev–Trinajstić information content (AvgIpc) is 1.29. The zero-order valence-corrected chi connectivity index (χ0v) is 87.5. The predicted molar refractivity (Wildman–Crippen MR) is 616 cm³/mol. The van der Waals surface area contributed by atoms with E-state index in [-0.39, 0.29) is 33.6 Å². The van der Waals surface area contributed by atoms with Crippen LogP contribution in [0.3, 0.4) is 0 Å². The van der Waals surface area contributed by atoms with Crippen LogP contribution in [0, 0.1) is 20.4 Å². The first kappa shape index (κ1) is 117. The molecule has 1 aliphatic heterocycles. The van der Waals surface area contributed by atoms with Crippen LogP contribution in [-0.2, 0) is 11.2 Å². The summed E-state index contributed by atoms with van der Waals surface area (Å²) in [5.41, 5.74) is 13.2. The number of para-hydroxylation sites is 1. The Bertz CT molecular complexity index is 6740. The predicted octanol–water partition coefficient (Wildman–Crippen LogP) is 17.0. The molecule has 0 spiro atoms. The van der Waals surface area contributed by atoms with Crippen molar-refractivity contribution < 1.29 is 83.1 Å². The number of ether oxygens (including phenoxy) is 5. The Hall–Kier alpha value is -13.0. The van der Waals surface area contributed by atoms with Gasteiger partial charge in [-0.05, 0) is 228 Å². The highest BCUT2D eigenvalue weighted by Gasteiger charge is 2.23. The summed E-state index contributed by atoms with van der Waals surface area (Å²) in [7, 11) is 3.02. The van der Waals surface area contributed by atoms with Crippen LogP contribution >= 0.6 is 15.9 Å². The number of furan rings is 1. The molecule has 0 bridgehead atoms. The number of carbonyl (C=O) groups is 1. The van der Waals surface area contributed by atoms with Gasteiger partial charge in [-0.15, -0.1) is 0 Å². The number of aromatic nitrogens is 3. The quantitative estimate of drug-likeness (QED) is 0.0186. The molecule has 1 saturated carbocycles. The number of nitrogens with zero attached hydrogens (tertiary/aromatic N) is 4. The minimum atomic E-state index is -0.552. The van der Waals surface area contributed by atoms with Gasteiger partial charge >= 0.3 is 68.2 Å². The fourth-order valence-electron chi connectivity index (χ4n) is 15.3. The molecule has 2 aliphatic rings. The van der Waals surface area contributed by atoms with Crippen molar-refractivity contribution in [3.8, 4) is 23.1 Å². The maximum atomic E-state index is 10.9. The Balaban J connectivity index is 0.000000194. The summed E-state index contributed by atoms with van der Waals surface area (Å²) < 4.78 is 31.9. The molecule has 0 atom stereocenters. The second-order valence-corrected chi connectivity index (χ2v) is 36.1. The van der Waals surface area contributed by atoms with E-state index in [2.05, 4.69) is 102 Å². The van der Waals surface area contributed by atoms with Gasteiger partial charge in [-0.2, -0.15) is 0 Å². The lowest BCUT2D eigenvalue weighted by Gasteiger charge is -2.21. The van der Waals surface area contributed by atoms with E-state index in [1.165, 1.54) is 78.1 Å². The van der Waals surface area contributed by atoms with E-state index in [0.29, 0.717) is 47.3 Å². The number of rotatable bonds is 16. The lowest BCUT2D eigenvalue weighted by Crippen LogP contribution is -2.27. The molecule has 0 saturated heterocycles. The molecule has 5 heterocycles. The van der Waals surface area contributed by atoms with Gasteiger partial charge in [-0.25, -0.2) is 14.6 Å². The topological polar surface area (TPSA) is 322 Å². The normalized spacial score (nSPS) is 11.0. The molecular weight excluding hydrogens is 1870 g/mol. The number of esters is 1. The van der Waals surface area contributed by atoms with Crippen molar-refractivity contribution in [2.45, 2.75) is 140 Å². The standard InChI is InChI=1S/C15H13BO.C13H15BO2.C12H13BO2.C11H11BO.C9H11BO2.C9H9BO2.C8H12BNO2.C8H7BrO2.C7H7BN2O.C7H10BNO.C7H15BO.C7H8/c1-16(17)15-13-8-4-2-6-11(13)10-12-7-3-5-9-14(12)15;1-3-16-13-7-5-10-8-12(14(2)15)6-4-11(10)9-13;1-13(14)11-5-3-10-8-12(15-2)6-4-9(10)7-11;1-12(13)11-7-6-9-4-2-3-5-10(9)8-11;1-10(11)8-2-3-9-7(6-8)4-5-12-9;1-10(11)9-6-7-4-2-3-5-8(7)12-9;1-3-12-8-5-4-7(6-10-8)9(2)11;1-11-8(10)6-2-4-7(9)5-3-6;1-8(11)6-3-7(9-2)5-10-4-6;1-6-5-7(8(2)10)3-4-9-6;1-8(9)7-5-3-2-4-6-7;1-7-5-3-2-4-6-7/h2-10,17H,1H3;4-9,15H,3H2,1-2H3;3-8,14H,1-2H3;2-8,13H,1H3;2-3,6,11H,4-5H2,1H3;2-6,11H,1H3;4-6,11H,3H2,1-2H3;2-5H,1H3;3-5,11H,1H3;3-5,10H,1-2H3;7,9H,2-6H2,1H3;2-6H,1H3. The first-order valence-electron chi connectivity index (χ1n) is 49.0. The average molecular weight is 2010 g/mol. The van der Waals surface area contributed by atoms with Gasteiger partial charge < -0.3 is 78.3 Å². The third-order valence-corrected chi connectivity index (χ3v) is 24.1. The van der Waals surface area contributed by atoms with Crippen molar-refractivity contribution in [1.82, 2.24) is 15.0 Å². The van der Waals surface area contributed by atoms with Crippen molar-refractivity contribution in [3.63, 3.8) is 0 Å². The number of benzene rings is 13. The van der Waals surface area contributed by atoms with Gasteiger partial charge in [0.25, 0.3) is 6.92 Å². The Morgan fingerprint density at radius 3 is 1.36 bits per heavy atom. The van der Waals surface area contributed by atoms with Crippen molar-refractivity contribution in [2.24, 2.45) is 0 Å². The highest BCUT2D eigenvalue weighted by molar-refractivity contribution is 9.10. The SMILES string of the molecule is CB(O)C1CCCCC1.CB(O)c1c2ccccc2cc2ccccc12.CB(O)c1cc2ccccc2o1.CB(O)c1ccc2c(c1)CCO2.CB(O)c1ccc2ccccc2c1.CB(O)c1ccnc(C)c1.CCOc1ccc(B(C)O)cn1.CCOc1ccc2cc(B(C)O)ccc2c1.COC(=O)c1ccc(Br)cc1.COc1ccc2cc(B(C)O)ccc2c1.Cc1ccccc1.[C-]#[N+]c1cncc(B(C)O)c1. The van der Waals surface area contributed by atoms with Crippen LogP contribution in [0.25, 0.3) is 69.7 Å². The molecule has 17 aromatic rings. The lowest BCUT2D eigenvalue weighted by molar-refractivity contribution is 0.0600. The molecule has 1 aliphatic carbocycles. The molecular formula is C113H131B10BrN4O17. The number of pyridine rings is 3. The fourth-order valence-corrected chi connectivity index (χ4v) is 15.6. The summed E-state index contributed by atoms with van der Waals surface area (Å²) in [4.78, 5) is 25.9. The monoisotopic (exact) mass is 2000 g/mol. The van der Waals surface area contributed by atoms with Gasteiger partial charge in [-0.1, -0.05) is 334 Å². The van der Waals surface area contributed by atoms with Crippen LogP contribution in [0.2, 0.25) is 74.0 Å². The fraction of sp³-hybridized carbons (Fsp3) is 0.230. The Labute approximate surface area is 867 Å². The molecule has 19 rings (SSSR count). The number of carbonyl (C=O) groups excluding carboxylic acids is 1. The molecule has 4 aromatic heterocycles. The smallest absolute Gasteiger partial charge is 0.362 e. The summed E-state index contributed by atoms with van der Waals surface area (Å²) >= 11 is 3.26. The minimum Gasteiger partial charge on any atom is -0.497 e. The molecule has 742 valence electrons. The molecule has 0 radical (unpaired) electrons. The molecule has 32 heteroatoms. The van der Waals surface area contributed by atoms with Crippen LogP contribution in [0.5, 0.6) is 23.1 Å². The summed E-state index contributed by atoms with van der Waals surface area (Å²) in [6.07, 6.45) is 13.9. The molecule has 0 unspecified atom stereocenters. The van der Waals surface area contributed by atoms with E-state index in [1.54, 1.807) is 117 Å². The van der Waals surface area contributed by atoms with Crippen LogP contribution in [0.1, 0.15) is 73.1 Å². The second kappa shape index (κ2) is 62.0. The van der Waals surface area contributed by atoms with Crippen LogP contribution in [0.15, 0.2) is 337 Å². The number of halogens is 1. The van der Waals surface area contributed by atoms with Gasteiger partial charge in [0.05, 0.1) is 46.2 Å². The van der Waals surface area contributed by atoms with Gasteiger partial charge in [0.15, 0.2) is 0 Å². The molecule has 21 nitrogen and oxygen atoms in total. The number of hydrogen-bond donors (Lipinski definition) is 10. The first-order chi connectivity index (χ1) is 69.6. The van der Waals surface area contributed by atoms with E-state index in [9.17, 15) is 40.0 Å². The summed E-state index contributed by atoms with van der Waals surface area (Å²) in [6, 6.07) is 98.2. The lowest BCUT2D eigenvalue weighted by atomic mass is 9.54. The molecule has 0 amide bonds. The zero-order chi connectivity index (χ0) is 105. The van der Waals surface area contributed by atoms with Gasteiger partial charge in [-0.3, -0.25) is 9.97 Å². The van der Waals surface area contributed by atoms with E-state index < -0.39 is 41.5 Å². The molecule has 13 aromatic carbocycles. The number of methoxy groups -OCH3 is 2. The highest BCUT2D eigenvalue weighted by atomic mass is 79.9. The minimum absolute atomic E-state index is 0.0645. The third-order valence-electron chi connectivity index (χ3n) is 23.6. The highest BCUT2D eigenvalue weighted by Crippen LogP contribution is 2.31. The maximum absolute atomic E-state index is 10.9. The van der Waals surface area contributed by atoms with Crippen LogP contribution in [-0.4, -0.2) is 174 Å². The first-order valence-corrected chi connectivity index (χ1v) is 49.8. The van der Waals surface area contributed by atoms with Gasteiger partial charge in [0.2, 0.25) is 11.6 Å². The van der Waals surface area contributed by atoms with Gasteiger partial charge in [0, 0.05) is 46.8 Å². The summed E-state index contributed by atoms with van der Waals surface area (Å²) in [5.74, 6) is 3.62. The van der Waals surface area contributed by atoms with Crippen molar-refractivity contribution in [2.75, 3.05) is 34.0 Å². The van der Waals surface area contributed by atoms with Crippen LogP contribution in [0.4, 0.5) is 5.69 Å². The van der Waals surface area contributed by atoms with Crippen molar-refractivity contribution >= 4 is 211 Å². The Morgan fingerprint density at radius 2 is 0.890 bits per heavy atom. The van der Waals surface area contributed by atoms with E-state index in [4.69, 9.17) is 45.0 Å². The number of aryl methyl sites for hydroxylation is 2. The second-order valence-electron chi connectivity index (χ2n) is 35.2. The Morgan fingerprint density at radius 1 is 0.421 bits per heavy atom. The third kappa shape index (κ3) is 39.5. The van der Waals surface area contributed by atoms with E-state index in [1.807, 2.05) is 247 Å². The summed E-state index contributed by atoms with van der Waals surface area (Å²) in [6.45, 7) is 30.2. The largest absolute Gasteiger partial charge is 0.497 e. The zero-order valence-electron chi connectivity index (χ0n) is 85.9. The van der Waals surface area contributed by atoms with E-state index in [0.717, 1.165) is 122 Å². The summed E-state index contributed by atoms with van der Waals surface area (Å²) in [5, 5.41) is 106.